The van der Waals surface area contributed by atoms with Crippen molar-refractivity contribution in [1.82, 2.24) is 25.5 Å². The van der Waals surface area contributed by atoms with Gasteiger partial charge in [0.25, 0.3) is 5.91 Å². The van der Waals surface area contributed by atoms with Crippen LogP contribution in [0.1, 0.15) is 59.1 Å². The number of methoxy groups -OCH3 is 1. The number of nitrogens with zero attached hydrogens (tertiary/aromatic N) is 5. The summed E-state index contributed by atoms with van der Waals surface area (Å²) in [5, 5.41) is 35.1. The van der Waals surface area contributed by atoms with Crippen LogP contribution < -0.4 is 18.9 Å². The molecule has 22 heteroatoms. The van der Waals surface area contributed by atoms with Crippen LogP contribution in [0.5, 0.6) is 23.0 Å². The van der Waals surface area contributed by atoms with E-state index in [0.717, 1.165) is 41.7 Å². The monoisotopic (exact) mass is 1060 g/mol. The maximum atomic E-state index is 15.8. The van der Waals surface area contributed by atoms with Gasteiger partial charge in [-0.1, -0.05) is 72.3 Å². The highest BCUT2D eigenvalue weighted by molar-refractivity contribution is 6.32. The number of rotatable bonds is 22. The molecule has 75 heavy (non-hydrogen) atoms. The van der Waals surface area contributed by atoms with Gasteiger partial charge in [-0.15, -0.1) is 0 Å². The number of halogens is 3. The Hall–Kier alpha value is -6.76. The molecule has 2 heterocycles. The fourth-order valence-corrected chi connectivity index (χ4v) is 9.34. The number of hydrogen-bond acceptors (Lipinski definition) is 16. The molecular formula is C53H56ClF2N5O14. The number of carbonyl (C=O) groups is 3. The van der Waals surface area contributed by atoms with Crippen LogP contribution in [0.3, 0.4) is 0 Å². The summed E-state index contributed by atoms with van der Waals surface area (Å²) in [5.74, 6) is -1.43. The lowest BCUT2D eigenvalue weighted by Gasteiger charge is -2.50. The summed E-state index contributed by atoms with van der Waals surface area (Å²) in [6, 6.07) is 25.6. The van der Waals surface area contributed by atoms with Crippen LogP contribution >= 0.6 is 11.6 Å². The Morgan fingerprint density at radius 2 is 1.37 bits per heavy atom. The van der Waals surface area contributed by atoms with Gasteiger partial charge in [0.2, 0.25) is 0 Å². The first kappa shape index (κ1) is 54.5. The van der Waals surface area contributed by atoms with Crippen molar-refractivity contribution < 1.29 is 77.4 Å². The molecule has 3 amide bonds. The zero-order valence-electron chi connectivity index (χ0n) is 41.0. The molecule has 5 aromatic carbocycles. The molecule has 2 bridgehead atoms. The molecule has 0 spiro atoms. The Morgan fingerprint density at radius 3 is 2.01 bits per heavy atom. The minimum atomic E-state index is -1.10. The highest BCUT2D eigenvalue weighted by Crippen LogP contribution is 2.42. The molecule has 3 aliphatic rings. The zero-order valence-corrected chi connectivity index (χ0v) is 41.7. The third-order valence-corrected chi connectivity index (χ3v) is 13.3. The summed E-state index contributed by atoms with van der Waals surface area (Å²) in [5.41, 5.74) is 5.07. The molecule has 2 atom stereocenters. The van der Waals surface area contributed by atoms with Gasteiger partial charge in [0, 0.05) is 38.4 Å². The number of ether oxygens (including phenoxy) is 5. The molecule has 1 aliphatic carbocycles. The molecular weight excluding hydrogens is 1000 g/mol. The second-order valence-electron chi connectivity index (χ2n) is 18.0. The fraction of sp³-hybridized carbons (Fsp3) is 0.340. The lowest BCUT2D eigenvalue weighted by Crippen LogP contribution is -2.66. The van der Waals surface area contributed by atoms with Gasteiger partial charge in [0.1, 0.15) is 34.7 Å². The summed E-state index contributed by atoms with van der Waals surface area (Å²) in [6.07, 6.45) is 0.886. The average Bonchev–Trinajstić information content (AvgIpc) is 4.24. The maximum Gasteiger partial charge on any atom is 0.416 e. The Morgan fingerprint density at radius 1 is 0.733 bits per heavy atom. The quantitative estimate of drug-likeness (QED) is 0.0289. The molecule has 19 nitrogen and oxygen atoms in total. The van der Waals surface area contributed by atoms with Crippen LogP contribution in [0, 0.1) is 18.6 Å². The largest absolute Gasteiger partial charge is 0.491 e. The molecule has 0 radical (unpaired) electrons. The van der Waals surface area contributed by atoms with Crippen molar-refractivity contribution in [2.45, 2.75) is 76.9 Å². The van der Waals surface area contributed by atoms with E-state index in [4.69, 9.17) is 65.8 Å². The van der Waals surface area contributed by atoms with E-state index < -0.39 is 51.7 Å². The van der Waals surface area contributed by atoms with Crippen molar-refractivity contribution in [2.24, 2.45) is 0 Å². The molecule has 1 saturated heterocycles. The topological polar surface area (TPSA) is 213 Å². The number of fused-ring (bicyclic) bond motifs is 2. The van der Waals surface area contributed by atoms with Crippen LogP contribution in [0.25, 0.3) is 5.57 Å². The van der Waals surface area contributed by atoms with Crippen molar-refractivity contribution in [1.29, 1.82) is 0 Å². The van der Waals surface area contributed by atoms with Gasteiger partial charge < -0.3 is 33.5 Å². The van der Waals surface area contributed by atoms with Crippen molar-refractivity contribution in [3.8, 4) is 23.0 Å². The molecule has 8 rings (SSSR count). The minimum absolute atomic E-state index is 0.0473. The van der Waals surface area contributed by atoms with E-state index in [1.807, 2.05) is 54.3 Å². The predicted octanol–water partition coefficient (Wildman–Crippen LogP) is 9.09. The standard InChI is InChI=1S/C53H56ClF2N5O14/c1-33-38(10-5-13-47(33)70-24-23-69-2)28-58(39-18-19-39)51(62)48-43(37-16-14-34(15-17-37)9-6-22-71-50-45(56)21-20-44(55)49(50)54)27-40-29-57(52(63)74-41-11-3-7-35(25-41)31-72-60(65)66)30-46(48)59(40)53(64)75-42-12-4-8-36(26-42)32-73-61(67)68/h3-5,7-8,10-17,20-21,25-26,39-40,46,65-68H,6,9,18-19,22-24,27-32H2,1-2H3. The Bertz CT molecular complexity index is 2860. The van der Waals surface area contributed by atoms with E-state index in [0.29, 0.717) is 54.1 Å². The summed E-state index contributed by atoms with van der Waals surface area (Å²) in [7, 11) is 1.59. The molecule has 0 aromatic heterocycles. The first-order valence-corrected chi connectivity index (χ1v) is 24.4. The van der Waals surface area contributed by atoms with Crippen molar-refractivity contribution in [3.63, 3.8) is 0 Å². The van der Waals surface area contributed by atoms with Crippen LogP contribution in [-0.2, 0) is 45.4 Å². The maximum absolute atomic E-state index is 15.8. The second-order valence-corrected chi connectivity index (χ2v) is 18.4. The van der Waals surface area contributed by atoms with Gasteiger partial charge in [-0.25, -0.2) is 28.0 Å². The normalized spacial score (nSPS) is 16.4. The minimum Gasteiger partial charge on any atom is -0.491 e. The van der Waals surface area contributed by atoms with Crippen molar-refractivity contribution >= 4 is 35.3 Å². The number of benzene rings is 5. The summed E-state index contributed by atoms with van der Waals surface area (Å²) < 4.78 is 57.1. The molecule has 1 saturated carbocycles. The van der Waals surface area contributed by atoms with Gasteiger partial charge in [-0.05, 0) is 120 Å². The van der Waals surface area contributed by atoms with Crippen molar-refractivity contribution in [3.05, 3.63) is 159 Å². The van der Waals surface area contributed by atoms with E-state index in [9.17, 15) is 18.4 Å². The van der Waals surface area contributed by atoms with Crippen LogP contribution in [-0.4, -0.2) is 123 Å². The smallest absolute Gasteiger partial charge is 0.416 e. The summed E-state index contributed by atoms with van der Waals surface area (Å²) in [4.78, 5) is 59.1. The highest BCUT2D eigenvalue weighted by Gasteiger charge is 2.50. The van der Waals surface area contributed by atoms with Gasteiger partial charge in [0.05, 0.1) is 49.3 Å². The molecule has 2 aliphatic heterocycles. The zero-order chi connectivity index (χ0) is 53.2. The number of amides is 3. The van der Waals surface area contributed by atoms with E-state index in [-0.39, 0.29) is 80.6 Å². The SMILES string of the molecule is COCCOc1cccc(CN(C(=O)C2=C(c3ccc(CCCOc4c(F)ccc(F)c4Cl)cc3)CC3CN(C(=O)Oc4cccc(CON(O)O)c4)CC2N3C(=O)Oc2cccc(CON(O)O)c2)C2CC2)c1C. The summed E-state index contributed by atoms with van der Waals surface area (Å²) in [6.45, 7) is 2.09. The second kappa shape index (κ2) is 25.2. The third kappa shape index (κ3) is 13.9. The number of piperazine rings is 1. The van der Waals surface area contributed by atoms with Gasteiger partial charge in [-0.2, -0.15) is 0 Å². The van der Waals surface area contributed by atoms with E-state index >= 15 is 4.79 Å². The van der Waals surface area contributed by atoms with Crippen LogP contribution in [0.4, 0.5) is 18.4 Å². The van der Waals surface area contributed by atoms with E-state index in [2.05, 4.69) is 0 Å². The number of carbonyl (C=O) groups excluding carboxylic acids is 3. The fourth-order valence-electron chi connectivity index (χ4n) is 9.14. The average molecular weight is 1060 g/mol. The number of aryl methyl sites for hydroxylation is 1. The van der Waals surface area contributed by atoms with E-state index in [1.165, 1.54) is 21.9 Å². The third-order valence-electron chi connectivity index (χ3n) is 12.9. The Kier molecular flexibility index (Phi) is 18.3. The first-order chi connectivity index (χ1) is 36.2. The Balaban J connectivity index is 1.15. The van der Waals surface area contributed by atoms with E-state index in [1.54, 1.807) is 43.5 Å². The highest BCUT2D eigenvalue weighted by atomic mass is 35.5. The van der Waals surface area contributed by atoms with Gasteiger partial charge in [0.15, 0.2) is 11.6 Å². The lowest BCUT2D eigenvalue weighted by molar-refractivity contribution is -0.497. The van der Waals surface area contributed by atoms with Gasteiger partial charge >= 0.3 is 12.2 Å². The molecule has 5 aromatic rings. The molecule has 2 fully saturated rings. The van der Waals surface area contributed by atoms with Crippen LogP contribution in [0.2, 0.25) is 5.02 Å². The molecule has 4 N–H and O–H groups in total. The van der Waals surface area contributed by atoms with Crippen LogP contribution in [0.15, 0.2) is 109 Å². The lowest BCUT2D eigenvalue weighted by atomic mass is 9.81. The summed E-state index contributed by atoms with van der Waals surface area (Å²) >= 11 is 5.96. The molecule has 398 valence electrons. The first-order valence-electron chi connectivity index (χ1n) is 24.0. The van der Waals surface area contributed by atoms with Crippen molar-refractivity contribution in [2.75, 3.05) is 40.0 Å². The Labute approximate surface area is 435 Å². The van der Waals surface area contributed by atoms with Gasteiger partial charge in [-0.3, -0.25) is 30.5 Å². The number of hydrogen-bond donors (Lipinski definition) is 4. The predicted molar refractivity (Wildman–Crippen MR) is 262 cm³/mol. The molecule has 2 unspecified atom stereocenters.